The maximum Gasteiger partial charge on any atom is 0.164 e. The number of Topliss-reactive ketones (excluding diaryl/α,β-unsaturated/α-hetero) is 1. The Morgan fingerprint density at radius 2 is 1.78 bits per heavy atom. The van der Waals surface area contributed by atoms with Crippen LogP contribution in [0.4, 0.5) is 0 Å². The molecule has 1 heterocycles. The molecule has 1 aliphatic carbocycles. The Morgan fingerprint density at radius 1 is 1.13 bits per heavy atom. The summed E-state index contributed by atoms with van der Waals surface area (Å²) in [5.74, 6) is 0.875. The average molecular weight is 330 g/mol. The van der Waals surface area contributed by atoms with Crippen molar-refractivity contribution in [1.29, 1.82) is 0 Å². The molecule has 0 spiro atoms. The van der Waals surface area contributed by atoms with E-state index in [9.17, 15) is 4.79 Å². The predicted molar refractivity (Wildman–Crippen MR) is 95.8 cm³/mol. The van der Waals surface area contributed by atoms with Gasteiger partial charge in [-0.1, -0.05) is 43.7 Å². The van der Waals surface area contributed by atoms with Crippen molar-refractivity contribution in [2.24, 2.45) is 5.92 Å². The van der Waals surface area contributed by atoms with Crippen LogP contribution < -0.4 is 0 Å². The van der Waals surface area contributed by atoms with E-state index in [0.29, 0.717) is 18.1 Å². The second-order valence-corrected chi connectivity index (χ2v) is 7.16. The highest BCUT2D eigenvalue weighted by Crippen LogP contribution is 2.29. The maximum atomic E-state index is 12.8. The summed E-state index contributed by atoms with van der Waals surface area (Å²) in [5, 5.41) is 0.727. The summed E-state index contributed by atoms with van der Waals surface area (Å²) >= 11 is 5.98. The molecule has 0 amide bonds. The van der Waals surface area contributed by atoms with Crippen LogP contribution in [0, 0.1) is 19.8 Å². The number of nitrogens with zero attached hydrogens (tertiary/aromatic N) is 1. The van der Waals surface area contributed by atoms with Crippen LogP contribution in [-0.4, -0.2) is 10.4 Å². The molecule has 2 aromatic rings. The van der Waals surface area contributed by atoms with E-state index < -0.39 is 0 Å². The Bertz CT molecular complexity index is 693. The zero-order valence-electron chi connectivity index (χ0n) is 13.9. The third kappa shape index (κ3) is 3.53. The van der Waals surface area contributed by atoms with E-state index in [1.807, 2.05) is 37.3 Å². The second-order valence-electron chi connectivity index (χ2n) is 6.73. The third-order valence-corrected chi connectivity index (χ3v) is 5.27. The molecule has 0 saturated heterocycles. The average Bonchev–Trinajstić information content (AvgIpc) is 2.84. The van der Waals surface area contributed by atoms with Crippen molar-refractivity contribution >= 4 is 17.4 Å². The number of carbonyl (C=O) groups excluding carboxylic acids is 1. The smallest absolute Gasteiger partial charge is 0.164 e. The largest absolute Gasteiger partial charge is 0.318 e. The zero-order valence-corrected chi connectivity index (χ0v) is 14.7. The van der Waals surface area contributed by atoms with Gasteiger partial charge in [0.2, 0.25) is 0 Å². The van der Waals surface area contributed by atoms with Gasteiger partial charge in [0.05, 0.1) is 0 Å². The Morgan fingerprint density at radius 3 is 2.43 bits per heavy atom. The molecule has 1 saturated carbocycles. The fourth-order valence-electron chi connectivity index (χ4n) is 3.80. The van der Waals surface area contributed by atoms with Gasteiger partial charge in [0.15, 0.2) is 5.78 Å². The number of hydrogen-bond donors (Lipinski definition) is 0. The van der Waals surface area contributed by atoms with E-state index in [2.05, 4.69) is 11.5 Å². The summed E-state index contributed by atoms with van der Waals surface area (Å²) in [6, 6.07) is 9.81. The van der Waals surface area contributed by atoms with Gasteiger partial charge in [0, 0.05) is 34.1 Å². The lowest BCUT2D eigenvalue weighted by molar-refractivity contribution is 0.0949. The van der Waals surface area contributed by atoms with Crippen molar-refractivity contribution in [2.45, 2.75) is 52.4 Å². The predicted octanol–water partition coefficient (Wildman–Crippen LogP) is 5.90. The van der Waals surface area contributed by atoms with Crippen LogP contribution in [0.5, 0.6) is 0 Å². The highest BCUT2D eigenvalue weighted by molar-refractivity contribution is 6.30. The van der Waals surface area contributed by atoms with Crippen molar-refractivity contribution in [1.82, 2.24) is 4.57 Å². The molecule has 0 unspecified atom stereocenters. The van der Waals surface area contributed by atoms with Crippen molar-refractivity contribution in [3.05, 3.63) is 52.3 Å². The van der Waals surface area contributed by atoms with Gasteiger partial charge in [-0.05, 0) is 50.1 Å². The SMILES string of the molecule is Cc1cc(C(=O)CC2CCCCC2)c(C)n1-c1ccc(Cl)cc1. The molecule has 23 heavy (non-hydrogen) atoms. The highest BCUT2D eigenvalue weighted by Gasteiger charge is 2.21. The summed E-state index contributed by atoms with van der Waals surface area (Å²) in [6.07, 6.45) is 7.01. The van der Waals surface area contributed by atoms with Gasteiger partial charge in [0.1, 0.15) is 0 Å². The first-order valence-electron chi connectivity index (χ1n) is 8.54. The fraction of sp³-hybridized carbons (Fsp3) is 0.450. The van der Waals surface area contributed by atoms with Gasteiger partial charge in [-0.15, -0.1) is 0 Å². The standard InChI is InChI=1S/C20H24ClNO/c1-14-12-19(20(23)13-16-6-4-3-5-7-16)15(2)22(14)18-10-8-17(21)9-11-18/h8-12,16H,3-7,13H2,1-2H3. The number of hydrogen-bond acceptors (Lipinski definition) is 1. The first-order valence-corrected chi connectivity index (χ1v) is 8.92. The zero-order chi connectivity index (χ0) is 16.4. The monoisotopic (exact) mass is 329 g/mol. The second kappa shape index (κ2) is 6.92. The first-order chi connectivity index (χ1) is 11.1. The van der Waals surface area contributed by atoms with Crippen molar-refractivity contribution in [3.8, 4) is 5.69 Å². The van der Waals surface area contributed by atoms with E-state index in [1.165, 1.54) is 32.1 Å². The Hall–Kier alpha value is -1.54. The molecule has 1 aromatic heterocycles. The van der Waals surface area contributed by atoms with E-state index in [0.717, 1.165) is 27.7 Å². The van der Waals surface area contributed by atoms with E-state index in [4.69, 9.17) is 11.6 Å². The molecular weight excluding hydrogens is 306 g/mol. The lowest BCUT2D eigenvalue weighted by Gasteiger charge is -2.20. The van der Waals surface area contributed by atoms with Gasteiger partial charge in [0.25, 0.3) is 0 Å². The summed E-state index contributed by atoms with van der Waals surface area (Å²) in [7, 11) is 0. The molecule has 0 atom stereocenters. The number of aryl methyl sites for hydroxylation is 1. The Balaban J connectivity index is 1.85. The highest BCUT2D eigenvalue weighted by atomic mass is 35.5. The van der Waals surface area contributed by atoms with Gasteiger partial charge >= 0.3 is 0 Å². The molecule has 0 bridgehead atoms. The Labute approximate surface area is 143 Å². The van der Waals surface area contributed by atoms with Gasteiger partial charge in [-0.3, -0.25) is 4.79 Å². The minimum Gasteiger partial charge on any atom is -0.318 e. The van der Waals surface area contributed by atoms with Crippen LogP contribution in [0.1, 0.15) is 60.3 Å². The third-order valence-electron chi connectivity index (χ3n) is 5.02. The van der Waals surface area contributed by atoms with E-state index >= 15 is 0 Å². The number of halogens is 1. The van der Waals surface area contributed by atoms with Crippen LogP contribution >= 0.6 is 11.6 Å². The number of benzene rings is 1. The van der Waals surface area contributed by atoms with Crippen LogP contribution in [0.15, 0.2) is 30.3 Å². The molecule has 1 aliphatic rings. The van der Waals surface area contributed by atoms with E-state index in [-0.39, 0.29) is 0 Å². The summed E-state index contributed by atoms with van der Waals surface area (Å²) in [4.78, 5) is 12.8. The molecule has 3 heteroatoms. The molecule has 2 nitrogen and oxygen atoms in total. The van der Waals surface area contributed by atoms with Gasteiger partial charge in [-0.25, -0.2) is 0 Å². The molecule has 0 N–H and O–H groups in total. The van der Waals surface area contributed by atoms with Crippen LogP contribution in [0.25, 0.3) is 5.69 Å². The summed E-state index contributed by atoms with van der Waals surface area (Å²) < 4.78 is 2.14. The lowest BCUT2D eigenvalue weighted by Crippen LogP contribution is -2.13. The minimum atomic E-state index is 0.296. The number of ketones is 1. The Kier molecular flexibility index (Phi) is 4.91. The first kappa shape index (κ1) is 16.3. The van der Waals surface area contributed by atoms with Crippen LogP contribution in [0.2, 0.25) is 5.02 Å². The van der Waals surface area contributed by atoms with E-state index in [1.54, 1.807) is 0 Å². The molecule has 1 fully saturated rings. The maximum absolute atomic E-state index is 12.8. The van der Waals surface area contributed by atoms with Crippen LogP contribution in [-0.2, 0) is 0 Å². The number of rotatable bonds is 4. The van der Waals surface area contributed by atoms with Crippen molar-refractivity contribution in [3.63, 3.8) is 0 Å². The number of carbonyl (C=O) groups is 1. The fourth-order valence-corrected chi connectivity index (χ4v) is 3.92. The molecular formula is C20H24ClNO. The van der Waals surface area contributed by atoms with Crippen molar-refractivity contribution in [2.75, 3.05) is 0 Å². The van der Waals surface area contributed by atoms with Crippen molar-refractivity contribution < 1.29 is 4.79 Å². The van der Waals surface area contributed by atoms with Gasteiger partial charge < -0.3 is 4.57 Å². The quantitative estimate of drug-likeness (QED) is 0.640. The molecule has 3 rings (SSSR count). The number of aromatic nitrogens is 1. The minimum absolute atomic E-state index is 0.296. The normalized spacial score (nSPS) is 15.8. The molecule has 0 aliphatic heterocycles. The van der Waals surface area contributed by atoms with Crippen LogP contribution in [0.3, 0.4) is 0 Å². The molecule has 0 radical (unpaired) electrons. The summed E-state index contributed by atoms with van der Waals surface area (Å²) in [6.45, 7) is 4.09. The summed E-state index contributed by atoms with van der Waals surface area (Å²) in [5.41, 5.74) is 4.06. The topological polar surface area (TPSA) is 22.0 Å². The molecule has 122 valence electrons. The van der Waals surface area contributed by atoms with Gasteiger partial charge in [-0.2, -0.15) is 0 Å². The molecule has 1 aromatic carbocycles. The lowest BCUT2D eigenvalue weighted by atomic mass is 9.85.